The average Bonchev–Trinajstić information content (AvgIpc) is 2.29. The first-order chi connectivity index (χ1) is 8.00. The number of hydrogen-bond acceptors (Lipinski definition) is 2. The summed E-state index contributed by atoms with van der Waals surface area (Å²) in [6.07, 6.45) is 0. The van der Waals surface area contributed by atoms with Crippen molar-refractivity contribution in [3.8, 4) is 5.75 Å². The molecule has 0 radical (unpaired) electrons. The summed E-state index contributed by atoms with van der Waals surface area (Å²) >= 11 is 5.91. The molecule has 2 N–H and O–H groups in total. The summed E-state index contributed by atoms with van der Waals surface area (Å²) in [5.74, 6) is 0.177. The highest BCUT2D eigenvalue weighted by molar-refractivity contribution is 6.30. The van der Waals surface area contributed by atoms with Gasteiger partial charge in [0, 0.05) is 5.02 Å². The van der Waals surface area contributed by atoms with Crippen molar-refractivity contribution in [2.75, 3.05) is 0 Å². The lowest BCUT2D eigenvalue weighted by Crippen LogP contribution is -2.22. The minimum absolute atomic E-state index is 0.177. The van der Waals surface area contributed by atoms with E-state index in [0.717, 1.165) is 5.56 Å². The van der Waals surface area contributed by atoms with E-state index in [0.29, 0.717) is 10.6 Å². The van der Waals surface area contributed by atoms with E-state index in [2.05, 4.69) is 0 Å². The number of benzene rings is 2. The normalized spacial score (nSPS) is 14.3. The monoisotopic (exact) mass is 248 g/mol. The fourth-order valence-electron chi connectivity index (χ4n) is 1.74. The quantitative estimate of drug-likeness (QED) is 0.856. The van der Waals surface area contributed by atoms with Gasteiger partial charge >= 0.3 is 0 Å². The molecule has 0 aliphatic rings. The number of aromatic hydroxyl groups is 1. The van der Waals surface area contributed by atoms with Gasteiger partial charge in [-0.05, 0) is 42.3 Å². The van der Waals surface area contributed by atoms with Crippen LogP contribution in [0, 0.1) is 0 Å². The zero-order valence-electron chi connectivity index (χ0n) is 9.39. The van der Waals surface area contributed by atoms with Gasteiger partial charge in [0.05, 0.1) is 0 Å². The van der Waals surface area contributed by atoms with Gasteiger partial charge in [-0.25, -0.2) is 0 Å². The van der Waals surface area contributed by atoms with Crippen LogP contribution < -0.4 is 0 Å². The second kappa shape index (κ2) is 4.40. The molecule has 1 unspecified atom stereocenters. The molecule has 2 aromatic carbocycles. The summed E-state index contributed by atoms with van der Waals surface area (Å²) in [4.78, 5) is 0. The van der Waals surface area contributed by atoms with Crippen LogP contribution in [0.5, 0.6) is 5.75 Å². The summed E-state index contributed by atoms with van der Waals surface area (Å²) in [5.41, 5.74) is 0.298. The molecule has 0 amide bonds. The Hall–Kier alpha value is -1.51. The Morgan fingerprint density at radius 2 is 1.65 bits per heavy atom. The Bertz CT molecular complexity index is 518. The molecule has 88 valence electrons. The Morgan fingerprint density at radius 1 is 1.00 bits per heavy atom. The van der Waals surface area contributed by atoms with Crippen molar-refractivity contribution in [2.45, 2.75) is 12.5 Å². The fourth-order valence-corrected chi connectivity index (χ4v) is 1.93. The van der Waals surface area contributed by atoms with Crippen LogP contribution in [0.1, 0.15) is 18.1 Å². The topological polar surface area (TPSA) is 40.5 Å². The first-order valence-corrected chi connectivity index (χ1v) is 5.66. The van der Waals surface area contributed by atoms with E-state index >= 15 is 0 Å². The zero-order chi connectivity index (χ0) is 12.5. The molecular weight excluding hydrogens is 236 g/mol. The van der Waals surface area contributed by atoms with Crippen LogP contribution >= 0.6 is 11.6 Å². The van der Waals surface area contributed by atoms with Crippen molar-refractivity contribution >= 4 is 11.6 Å². The van der Waals surface area contributed by atoms with Gasteiger partial charge in [0.2, 0.25) is 0 Å². The van der Waals surface area contributed by atoms with Crippen LogP contribution in [0.3, 0.4) is 0 Å². The third-order valence-electron chi connectivity index (χ3n) is 2.82. The standard InChI is InChI=1S/C14H13ClO2/c1-14(17,10-5-7-13(16)8-6-10)11-3-2-4-12(15)9-11/h2-9,16-17H,1H3. The molecule has 17 heavy (non-hydrogen) atoms. The highest BCUT2D eigenvalue weighted by atomic mass is 35.5. The maximum atomic E-state index is 10.5. The minimum atomic E-state index is -1.13. The molecule has 2 nitrogen and oxygen atoms in total. The molecule has 3 heteroatoms. The van der Waals surface area contributed by atoms with Gasteiger partial charge in [0.15, 0.2) is 0 Å². The molecular formula is C14H13ClO2. The molecule has 2 rings (SSSR count). The van der Waals surface area contributed by atoms with Crippen molar-refractivity contribution < 1.29 is 10.2 Å². The molecule has 1 atom stereocenters. The Morgan fingerprint density at radius 3 is 2.24 bits per heavy atom. The van der Waals surface area contributed by atoms with Crippen molar-refractivity contribution in [3.05, 3.63) is 64.7 Å². The van der Waals surface area contributed by atoms with E-state index < -0.39 is 5.60 Å². The minimum Gasteiger partial charge on any atom is -0.508 e. The first kappa shape index (κ1) is 12.0. The molecule has 0 heterocycles. The lowest BCUT2D eigenvalue weighted by molar-refractivity contribution is 0.102. The van der Waals surface area contributed by atoms with Crippen molar-refractivity contribution in [2.24, 2.45) is 0 Å². The largest absolute Gasteiger partial charge is 0.508 e. The summed E-state index contributed by atoms with van der Waals surface area (Å²) in [6, 6.07) is 13.6. The van der Waals surface area contributed by atoms with E-state index in [9.17, 15) is 10.2 Å². The van der Waals surface area contributed by atoms with Crippen molar-refractivity contribution in [3.63, 3.8) is 0 Å². The van der Waals surface area contributed by atoms with Gasteiger partial charge in [0.25, 0.3) is 0 Å². The third-order valence-corrected chi connectivity index (χ3v) is 3.05. The number of aliphatic hydroxyl groups is 1. The van der Waals surface area contributed by atoms with Crippen LogP contribution in [-0.2, 0) is 5.60 Å². The lowest BCUT2D eigenvalue weighted by atomic mass is 9.88. The van der Waals surface area contributed by atoms with Crippen LogP contribution in [0.25, 0.3) is 0 Å². The van der Waals surface area contributed by atoms with E-state index in [1.807, 2.05) is 6.07 Å². The zero-order valence-corrected chi connectivity index (χ0v) is 10.1. The maximum absolute atomic E-state index is 10.5. The molecule has 0 spiro atoms. The number of phenolic OH excluding ortho intramolecular Hbond substituents is 1. The van der Waals surface area contributed by atoms with Crippen LogP contribution in [0.15, 0.2) is 48.5 Å². The number of rotatable bonds is 2. The smallest absolute Gasteiger partial charge is 0.115 e. The molecule has 0 bridgehead atoms. The van der Waals surface area contributed by atoms with Crippen molar-refractivity contribution in [1.29, 1.82) is 0 Å². The van der Waals surface area contributed by atoms with E-state index in [4.69, 9.17) is 11.6 Å². The van der Waals surface area contributed by atoms with Gasteiger partial charge in [-0.15, -0.1) is 0 Å². The van der Waals surface area contributed by atoms with Gasteiger partial charge in [0.1, 0.15) is 11.4 Å². The van der Waals surface area contributed by atoms with E-state index in [1.165, 1.54) is 0 Å². The molecule has 0 saturated heterocycles. The summed E-state index contributed by atoms with van der Waals surface area (Å²) < 4.78 is 0. The van der Waals surface area contributed by atoms with Crippen LogP contribution in [0.4, 0.5) is 0 Å². The first-order valence-electron chi connectivity index (χ1n) is 5.28. The van der Waals surface area contributed by atoms with Crippen molar-refractivity contribution in [1.82, 2.24) is 0 Å². The van der Waals surface area contributed by atoms with Crippen LogP contribution in [0.2, 0.25) is 5.02 Å². The highest BCUT2D eigenvalue weighted by Crippen LogP contribution is 2.31. The predicted molar refractivity (Wildman–Crippen MR) is 68.2 cm³/mol. The fraction of sp³-hybridized carbons (Fsp3) is 0.143. The molecule has 0 aliphatic heterocycles. The number of phenols is 1. The summed E-state index contributed by atoms with van der Waals surface area (Å²) in [7, 11) is 0. The summed E-state index contributed by atoms with van der Waals surface area (Å²) in [5, 5.41) is 20.4. The molecule has 0 saturated carbocycles. The Kier molecular flexibility index (Phi) is 3.09. The second-order valence-corrected chi connectivity index (χ2v) is 4.57. The lowest BCUT2D eigenvalue weighted by Gasteiger charge is -2.24. The van der Waals surface area contributed by atoms with Gasteiger partial charge in [-0.3, -0.25) is 0 Å². The molecule has 0 aliphatic carbocycles. The van der Waals surface area contributed by atoms with Gasteiger partial charge < -0.3 is 10.2 Å². The Balaban J connectivity index is 2.45. The summed E-state index contributed by atoms with van der Waals surface area (Å²) in [6.45, 7) is 1.70. The van der Waals surface area contributed by atoms with Gasteiger partial charge in [-0.2, -0.15) is 0 Å². The highest BCUT2D eigenvalue weighted by Gasteiger charge is 2.25. The van der Waals surface area contributed by atoms with E-state index in [1.54, 1.807) is 49.4 Å². The molecule has 0 fully saturated rings. The van der Waals surface area contributed by atoms with Gasteiger partial charge in [-0.1, -0.05) is 35.9 Å². The maximum Gasteiger partial charge on any atom is 0.115 e. The number of halogens is 1. The molecule has 0 aromatic heterocycles. The predicted octanol–water partition coefficient (Wildman–Crippen LogP) is 3.30. The average molecular weight is 249 g/mol. The number of hydrogen-bond donors (Lipinski definition) is 2. The second-order valence-electron chi connectivity index (χ2n) is 4.13. The molecule has 2 aromatic rings. The third kappa shape index (κ3) is 2.43. The SMILES string of the molecule is CC(O)(c1ccc(O)cc1)c1cccc(Cl)c1. The van der Waals surface area contributed by atoms with Crippen LogP contribution in [-0.4, -0.2) is 10.2 Å². The Labute approximate surface area is 105 Å². The van der Waals surface area contributed by atoms with E-state index in [-0.39, 0.29) is 5.75 Å².